The highest BCUT2D eigenvalue weighted by Crippen LogP contribution is 2.21. The molecule has 0 aliphatic rings. The summed E-state index contributed by atoms with van der Waals surface area (Å²) in [7, 11) is 1.83. The van der Waals surface area contributed by atoms with Crippen molar-refractivity contribution in [2.24, 2.45) is 0 Å². The van der Waals surface area contributed by atoms with E-state index in [0.717, 1.165) is 16.9 Å². The zero-order valence-electron chi connectivity index (χ0n) is 15.9. The molecule has 0 saturated heterocycles. The Morgan fingerprint density at radius 2 is 1.81 bits per heavy atom. The second kappa shape index (κ2) is 8.91. The highest BCUT2D eigenvalue weighted by Gasteiger charge is 2.12. The van der Waals surface area contributed by atoms with Crippen LogP contribution in [0.2, 0.25) is 0 Å². The van der Waals surface area contributed by atoms with Crippen LogP contribution < -0.4 is 0 Å². The molecule has 0 N–H and O–H groups in total. The van der Waals surface area contributed by atoms with Gasteiger partial charge in [-0.25, -0.2) is 4.98 Å². The molecular weight excluding hydrogens is 356 g/mol. The molecule has 1 aromatic heterocycles. The molecule has 0 aliphatic heterocycles. The number of aromatic nitrogens is 1. The Morgan fingerprint density at radius 3 is 2.48 bits per heavy atom. The van der Waals surface area contributed by atoms with E-state index in [1.807, 2.05) is 31.3 Å². The summed E-state index contributed by atoms with van der Waals surface area (Å²) in [5.41, 5.74) is 3.33. The van der Waals surface area contributed by atoms with Gasteiger partial charge in [0.05, 0.1) is 6.20 Å². The predicted molar refractivity (Wildman–Crippen MR) is 110 cm³/mol. The van der Waals surface area contributed by atoms with E-state index in [4.69, 9.17) is 4.42 Å². The zero-order chi connectivity index (χ0) is 19.2. The fraction of sp³-hybridized carbons (Fsp3) is 0.273. The van der Waals surface area contributed by atoms with E-state index in [1.54, 1.807) is 22.9 Å². The van der Waals surface area contributed by atoms with Crippen molar-refractivity contribution >= 4 is 17.7 Å². The van der Waals surface area contributed by atoms with Crippen molar-refractivity contribution in [1.29, 1.82) is 0 Å². The van der Waals surface area contributed by atoms with Crippen molar-refractivity contribution < 1.29 is 9.21 Å². The maximum atomic E-state index is 12.4. The van der Waals surface area contributed by atoms with E-state index in [1.165, 1.54) is 10.5 Å². The molecule has 140 valence electrons. The van der Waals surface area contributed by atoms with E-state index in [0.29, 0.717) is 25.3 Å². The number of amides is 1. The molecule has 3 aromatic rings. The number of rotatable bonds is 7. The minimum Gasteiger partial charge on any atom is -0.441 e. The fourth-order valence-electron chi connectivity index (χ4n) is 2.77. The predicted octanol–water partition coefficient (Wildman–Crippen LogP) is 4.96. The topological polar surface area (TPSA) is 46.3 Å². The van der Waals surface area contributed by atoms with Gasteiger partial charge in [0.2, 0.25) is 5.91 Å². The van der Waals surface area contributed by atoms with Gasteiger partial charge in [0.15, 0.2) is 11.7 Å². The number of hydrogen-bond acceptors (Lipinski definition) is 4. The molecular formula is C22H24N2O2S. The van der Waals surface area contributed by atoms with Crippen LogP contribution in [0.3, 0.4) is 0 Å². The first-order chi connectivity index (χ1) is 13.0. The summed E-state index contributed by atoms with van der Waals surface area (Å²) in [5, 5.41) is 0. The van der Waals surface area contributed by atoms with E-state index in [-0.39, 0.29) is 5.91 Å². The molecule has 27 heavy (non-hydrogen) atoms. The lowest BCUT2D eigenvalue weighted by Crippen LogP contribution is -2.26. The molecule has 0 aliphatic carbocycles. The van der Waals surface area contributed by atoms with E-state index in [9.17, 15) is 4.79 Å². The number of carbonyl (C=O) groups is 1. The van der Waals surface area contributed by atoms with Gasteiger partial charge >= 0.3 is 0 Å². The van der Waals surface area contributed by atoms with Crippen molar-refractivity contribution in [3.63, 3.8) is 0 Å². The molecule has 0 spiro atoms. The third kappa shape index (κ3) is 5.23. The highest BCUT2D eigenvalue weighted by atomic mass is 32.2. The Morgan fingerprint density at radius 1 is 1.11 bits per heavy atom. The van der Waals surface area contributed by atoms with Crippen molar-refractivity contribution in [3.05, 3.63) is 71.7 Å². The van der Waals surface area contributed by atoms with Crippen LogP contribution in [0, 0.1) is 6.92 Å². The Labute approximate surface area is 164 Å². The number of hydrogen-bond donors (Lipinski definition) is 0. The van der Waals surface area contributed by atoms with Gasteiger partial charge in [-0.2, -0.15) is 0 Å². The van der Waals surface area contributed by atoms with Crippen molar-refractivity contribution in [2.45, 2.75) is 31.2 Å². The van der Waals surface area contributed by atoms with Crippen LogP contribution >= 0.6 is 11.8 Å². The Hall–Kier alpha value is -2.53. The minimum absolute atomic E-state index is 0.0824. The van der Waals surface area contributed by atoms with Crippen LogP contribution in [0.4, 0.5) is 0 Å². The van der Waals surface area contributed by atoms with Crippen molar-refractivity contribution in [1.82, 2.24) is 9.88 Å². The summed E-state index contributed by atoms with van der Waals surface area (Å²) in [6.45, 7) is 2.66. The molecule has 1 heterocycles. The summed E-state index contributed by atoms with van der Waals surface area (Å²) in [5.74, 6) is 1.41. The third-order valence-electron chi connectivity index (χ3n) is 4.45. The molecule has 0 saturated carbocycles. The first kappa shape index (κ1) is 19.2. The molecule has 0 atom stereocenters. The van der Waals surface area contributed by atoms with Crippen LogP contribution in [-0.4, -0.2) is 29.1 Å². The van der Waals surface area contributed by atoms with E-state index >= 15 is 0 Å². The Kier molecular flexibility index (Phi) is 6.35. The van der Waals surface area contributed by atoms with Crippen molar-refractivity contribution in [3.8, 4) is 11.3 Å². The molecule has 2 aromatic carbocycles. The Bertz CT molecular complexity index is 885. The van der Waals surface area contributed by atoms with Gasteiger partial charge in [0.1, 0.15) is 0 Å². The molecule has 4 nitrogen and oxygen atoms in total. The minimum atomic E-state index is 0.0824. The van der Waals surface area contributed by atoms with Crippen LogP contribution in [0.5, 0.6) is 0 Å². The number of oxazole rings is 1. The van der Waals surface area contributed by atoms with Crippen molar-refractivity contribution in [2.75, 3.05) is 13.3 Å². The average molecular weight is 381 g/mol. The van der Waals surface area contributed by atoms with Gasteiger partial charge in [-0.15, -0.1) is 11.8 Å². The highest BCUT2D eigenvalue weighted by molar-refractivity contribution is 7.98. The zero-order valence-corrected chi connectivity index (χ0v) is 16.8. The smallest absolute Gasteiger partial charge is 0.223 e. The summed E-state index contributed by atoms with van der Waals surface area (Å²) < 4.78 is 5.80. The quantitative estimate of drug-likeness (QED) is 0.543. The number of nitrogens with zero attached hydrogens (tertiary/aromatic N) is 2. The number of benzene rings is 2. The maximum absolute atomic E-state index is 12.4. The van der Waals surface area contributed by atoms with Gasteiger partial charge in [0.25, 0.3) is 0 Å². The number of carbonyl (C=O) groups excluding carboxylic acids is 1. The van der Waals surface area contributed by atoms with Gasteiger partial charge in [0, 0.05) is 36.9 Å². The largest absolute Gasteiger partial charge is 0.441 e. The lowest BCUT2D eigenvalue weighted by atomic mass is 10.1. The SMILES string of the molecule is CSc1ccc(CN(C)C(=O)CCc2ncc(-c3ccc(C)cc3)o2)cc1. The normalized spacial score (nSPS) is 10.8. The second-order valence-electron chi connectivity index (χ2n) is 6.58. The molecule has 1 amide bonds. The molecule has 0 fully saturated rings. The molecule has 0 unspecified atom stereocenters. The van der Waals surface area contributed by atoms with Gasteiger partial charge in [-0.05, 0) is 30.9 Å². The number of thioether (sulfide) groups is 1. The van der Waals surface area contributed by atoms with Gasteiger partial charge in [-0.3, -0.25) is 4.79 Å². The van der Waals surface area contributed by atoms with Crippen LogP contribution in [0.1, 0.15) is 23.4 Å². The standard InChI is InChI=1S/C22H24N2O2S/c1-16-4-8-18(9-5-16)20-14-23-21(26-20)12-13-22(25)24(2)15-17-6-10-19(27-3)11-7-17/h4-11,14H,12-13,15H2,1-3H3. The lowest BCUT2D eigenvalue weighted by molar-refractivity contribution is -0.130. The van der Waals surface area contributed by atoms with E-state index < -0.39 is 0 Å². The van der Waals surface area contributed by atoms with Gasteiger partial charge in [-0.1, -0.05) is 42.0 Å². The molecule has 0 bridgehead atoms. The number of aryl methyl sites for hydroxylation is 2. The summed E-state index contributed by atoms with van der Waals surface area (Å²) in [4.78, 5) is 19.7. The molecule has 0 radical (unpaired) electrons. The summed E-state index contributed by atoms with van der Waals surface area (Å²) in [6, 6.07) is 16.4. The fourth-order valence-corrected chi connectivity index (χ4v) is 3.18. The van der Waals surface area contributed by atoms with Crippen LogP contribution in [0.15, 0.2) is 64.0 Å². The lowest BCUT2D eigenvalue weighted by Gasteiger charge is -2.17. The van der Waals surface area contributed by atoms with Crippen LogP contribution in [0.25, 0.3) is 11.3 Å². The maximum Gasteiger partial charge on any atom is 0.223 e. The first-order valence-electron chi connectivity index (χ1n) is 8.94. The summed E-state index contributed by atoms with van der Waals surface area (Å²) >= 11 is 1.71. The van der Waals surface area contributed by atoms with E-state index in [2.05, 4.69) is 42.4 Å². The monoisotopic (exact) mass is 380 g/mol. The first-order valence-corrected chi connectivity index (χ1v) is 10.2. The van der Waals surface area contributed by atoms with Crippen LogP contribution in [-0.2, 0) is 17.8 Å². The molecule has 3 rings (SSSR count). The Balaban J connectivity index is 1.53. The molecule has 5 heteroatoms. The third-order valence-corrected chi connectivity index (χ3v) is 5.19. The van der Waals surface area contributed by atoms with Gasteiger partial charge < -0.3 is 9.32 Å². The second-order valence-corrected chi connectivity index (χ2v) is 7.46. The average Bonchev–Trinajstić information content (AvgIpc) is 3.16. The summed E-state index contributed by atoms with van der Waals surface area (Å²) in [6.07, 6.45) is 4.66.